The van der Waals surface area contributed by atoms with E-state index in [-0.39, 0.29) is 5.16 Å². The Morgan fingerprint density at radius 1 is 0.947 bits per heavy atom. The summed E-state index contributed by atoms with van der Waals surface area (Å²) in [6.07, 6.45) is 0. The van der Waals surface area contributed by atoms with E-state index in [2.05, 4.69) is 23.2 Å². The van der Waals surface area contributed by atoms with Crippen molar-refractivity contribution in [2.75, 3.05) is 0 Å². The summed E-state index contributed by atoms with van der Waals surface area (Å²) in [5.74, 6) is 0. The van der Waals surface area contributed by atoms with Crippen molar-refractivity contribution in [3.05, 3.63) is 42.5 Å². The third kappa shape index (κ3) is 2.01. The molecule has 1 heterocycles. The van der Waals surface area contributed by atoms with Gasteiger partial charge in [0, 0.05) is 26.7 Å². The second-order valence-electron chi connectivity index (χ2n) is 5.98. The molecule has 0 aliphatic carbocycles. The highest BCUT2D eigenvalue weighted by Crippen LogP contribution is 2.39. The smallest absolute Gasteiger partial charge is 0.111 e. The average molecular weight is 271 g/mol. The van der Waals surface area contributed by atoms with Crippen molar-refractivity contribution in [1.29, 1.82) is 0 Å². The van der Waals surface area contributed by atoms with Crippen molar-refractivity contribution in [2.45, 2.75) is 25.9 Å². The maximum Gasteiger partial charge on any atom is 0.111 e. The van der Waals surface area contributed by atoms with Crippen molar-refractivity contribution in [3.8, 4) is 0 Å². The molecule has 0 amide bonds. The van der Waals surface area contributed by atoms with Crippen LogP contribution in [0.5, 0.6) is 0 Å². The first-order chi connectivity index (χ1) is 8.98. The first-order valence-electron chi connectivity index (χ1n) is 6.53. The molecule has 2 aromatic carbocycles. The molecule has 0 radical (unpaired) electrons. The van der Waals surface area contributed by atoms with Gasteiger partial charge in [-0.1, -0.05) is 51.1 Å². The van der Waals surface area contributed by atoms with E-state index in [0.717, 1.165) is 21.7 Å². The van der Waals surface area contributed by atoms with Crippen LogP contribution < -0.4 is 5.30 Å². The number of fused-ring (bicyclic) bond motifs is 3. The van der Waals surface area contributed by atoms with Crippen molar-refractivity contribution in [3.63, 3.8) is 0 Å². The van der Waals surface area contributed by atoms with Crippen molar-refractivity contribution >= 4 is 34.9 Å². The molecule has 19 heavy (non-hydrogen) atoms. The summed E-state index contributed by atoms with van der Waals surface area (Å²) < 4.78 is 12.7. The lowest BCUT2D eigenvalue weighted by Gasteiger charge is -2.18. The van der Waals surface area contributed by atoms with Crippen LogP contribution in [0.1, 0.15) is 20.8 Å². The van der Waals surface area contributed by atoms with Gasteiger partial charge in [0.15, 0.2) is 0 Å². The number of nitrogens with one attached hydrogen (secondary N) is 1. The lowest BCUT2D eigenvalue weighted by molar-refractivity contribution is 0.572. The van der Waals surface area contributed by atoms with Gasteiger partial charge in [0.1, 0.15) is 7.80 Å². The monoisotopic (exact) mass is 271 g/mol. The minimum absolute atomic E-state index is 0.184. The zero-order chi connectivity index (χ0) is 13.6. The number of para-hydroxylation sites is 2. The Balaban J connectivity index is 2.36. The van der Waals surface area contributed by atoms with E-state index in [1.807, 2.05) is 45.0 Å². The van der Waals surface area contributed by atoms with Crippen LogP contribution in [0.2, 0.25) is 0 Å². The number of aromatic amines is 1. The Kier molecular flexibility index (Phi) is 2.79. The van der Waals surface area contributed by atoms with Crippen molar-refractivity contribution in [2.24, 2.45) is 0 Å². The summed E-state index contributed by atoms with van der Waals surface area (Å²) in [7, 11) is -1.84. The fraction of sp³-hybridized carbons (Fsp3) is 0.250. The number of aromatic nitrogens is 1. The zero-order valence-electron chi connectivity index (χ0n) is 11.4. The summed E-state index contributed by atoms with van der Waals surface area (Å²) in [5.41, 5.74) is 2.14. The Morgan fingerprint density at radius 2 is 1.63 bits per heavy atom. The quantitative estimate of drug-likeness (QED) is 0.657. The van der Waals surface area contributed by atoms with E-state index in [0.29, 0.717) is 0 Å². The van der Waals surface area contributed by atoms with Gasteiger partial charge < -0.3 is 9.55 Å². The maximum absolute atomic E-state index is 12.7. The first kappa shape index (κ1) is 12.5. The van der Waals surface area contributed by atoms with Gasteiger partial charge in [-0.2, -0.15) is 0 Å². The van der Waals surface area contributed by atoms with E-state index in [9.17, 15) is 4.57 Å². The third-order valence-electron chi connectivity index (χ3n) is 3.47. The molecule has 0 saturated heterocycles. The van der Waals surface area contributed by atoms with Crippen LogP contribution in [0.4, 0.5) is 0 Å². The highest BCUT2D eigenvalue weighted by molar-refractivity contribution is 7.55. The van der Waals surface area contributed by atoms with Gasteiger partial charge >= 0.3 is 0 Å². The Hall–Kier alpha value is -1.53. The Morgan fingerprint density at radius 3 is 2.37 bits per heavy atom. The second-order valence-corrected chi connectivity index (χ2v) is 8.67. The summed E-state index contributed by atoms with van der Waals surface area (Å²) in [6, 6.07) is 14.3. The van der Waals surface area contributed by atoms with Gasteiger partial charge in [-0.3, -0.25) is 0 Å². The minimum Gasteiger partial charge on any atom is -0.354 e. The van der Waals surface area contributed by atoms with Gasteiger partial charge in [-0.25, -0.2) is 0 Å². The molecule has 3 heteroatoms. The molecule has 1 N–H and O–H groups in total. The molecule has 0 aliphatic rings. The summed E-state index contributed by atoms with van der Waals surface area (Å²) in [5, 5.41) is 3.14. The predicted molar refractivity (Wildman–Crippen MR) is 84.2 cm³/mol. The standard InChI is InChI=1S/C16H18NOP/c1-16(2,3)19(18)14-10-6-8-12-11-7-4-5-9-13(11)17-15(12)14/h4-10,17,19H,1-3H3. The second kappa shape index (κ2) is 4.25. The number of benzene rings is 2. The average Bonchev–Trinajstić information content (AvgIpc) is 2.75. The summed E-state index contributed by atoms with van der Waals surface area (Å²) in [4.78, 5) is 3.43. The van der Waals surface area contributed by atoms with Crippen LogP contribution in [0, 0.1) is 0 Å². The summed E-state index contributed by atoms with van der Waals surface area (Å²) >= 11 is 0. The van der Waals surface area contributed by atoms with Crippen molar-refractivity contribution in [1.82, 2.24) is 4.98 Å². The maximum atomic E-state index is 12.7. The highest BCUT2D eigenvalue weighted by Gasteiger charge is 2.23. The normalized spacial score (nSPS) is 14.1. The van der Waals surface area contributed by atoms with Crippen LogP contribution in [0.25, 0.3) is 21.8 Å². The summed E-state index contributed by atoms with van der Waals surface area (Å²) in [6.45, 7) is 6.11. The molecule has 3 aromatic rings. The molecule has 1 unspecified atom stereocenters. The Labute approximate surface area is 113 Å². The van der Waals surface area contributed by atoms with Gasteiger partial charge in [0.2, 0.25) is 0 Å². The Bertz CT molecular complexity index is 780. The predicted octanol–water partition coefficient (Wildman–Crippen LogP) is 4.30. The lowest BCUT2D eigenvalue weighted by Crippen LogP contribution is -2.15. The van der Waals surface area contributed by atoms with Crippen LogP contribution in [0.15, 0.2) is 42.5 Å². The molecule has 0 aliphatic heterocycles. The molecular formula is C16H18NOP. The lowest BCUT2D eigenvalue weighted by atomic mass is 10.1. The molecular weight excluding hydrogens is 253 g/mol. The number of rotatable bonds is 1. The number of hydrogen-bond donors (Lipinski definition) is 1. The van der Waals surface area contributed by atoms with Crippen LogP contribution in [-0.4, -0.2) is 10.1 Å². The van der Waals surface area contributed by atoms with E-state index in [4.69, 9.17) is 0 Å². The highest BCUT2D eigenvalue weighted by atomic mass is 31.1. The molecule has 0 fully saturated rings. The molecule has 98 valence electrons. The minimum atomic E-state index is -1.84. The largest absolute Gasteiger partial charge is 0.354 e. The number of H-pyrrole nitrogens is 1. The SMILES string of the molecule is CC(C)(C)[PH](=O)c1cccc2c1[nH]c1ccccc12. The third-order valence-corrected chi connectivity index (χ3v) is 5.74. The number of hydrogen-bond acceptors (Lipinski definition) is 1. The molecule has 0 spiro atoms. The van der Waals surface area contributed by atoms with Gasteiger partial charge in [-0.15, -0.1) is 0 Å². The fourth-order valence-corrected chi connectivity index (χ4v) is 3.95. The molecule has 3 rings (SSSR count). The first-order valence-corrected chi connectivity index (χ1v) is 7.93. The van der Waals surface area contributed by atoms with Crippen LogP contribution in [0.3, 0.4) is 0 Å². The van der Waals surface area contributed by atoms with E-state index in [1.165, 1.54) is 5.39 Å². The topological polar surface area (TPSA) is 32.9 Å². The van der Waals surface area contributed by atoms with E-state index in [1.54, 1.807) is 0 Å². The van der Waals surface area contributed by atoms with E-state index < -0.39 is 7.80 Å². The van der Waals surface area contributed by atoms with Crippen LogP contribution >= 0.6 is 7.80 Å². The van der Waals surface area contributed by atoms with Crippen LogP contribution in [-0.2, 0) is 4.57 Å². The molecule has 0 saturated carbocycles. The zero-order valence-corrected chi connectivity index (χ0v) is 12.4. The van der Waals surface area contributed by atoms with Crippen molar-refractivity contribution < 1.29 is 4.57 Å². The molecule has 0 bridgehead atoms. The molecule has 2 nitrogen and oxygen atoms in total. The van der Waals surface area contributed by atoms with Gasteiger partial charge in [0.05, 0.1) is 5.52 Å². The van der Waals surface area contributed by atoms with Gasteiger partial charge in [-0.05, 0) is 12.1 Å². The van der Waals surface area contributed by atoms with Gasteiger partial charge in [0.25, 0.3) is 0 Å². The molecule has 1 aromatic heterocycles. The van der Waals surface area contributed by atoms with E-state index >= 15 is 0 Å². The fourth-order valence-electron chi connectivity index (χ4n) is 2.47. The molecule has 1 atom stereocenters.